The molecule has 6 nitrogen and oxygen atoms in total. The van der Waals surface area contributed by atoms with Crippen LogP contribution in [0.5, 0.6) is 0 Å². The lowest BCUT2D eigenvalue weighted by atomic mass is 10.1. The van der Waals surface area contributed by atoms with Crippen LogP contribution < -0.4 is 10.2 Å². The van der Waals surface area contributed by atoms with Gasteiger partial charge in [-0.1, -0.05) is 38.1 Å². The second-order valence-electron chi connectivity index (χ2n) is 8.31. The van der Waals surface area contributed by atoms with Crippen molar-refractivity contribution in [3.8, 4) is 0 Å². The Balaban J connectivity index is 1.49. The molecule has 2 aromatic rings. The normalized spacial score (nSPS) is 14.1. The third-order valence-corrected chi connectivity index (χ3v) is 5.58. The molecule has 2 amide bonds. The maximum absolute atomic E-state index is 12.7. The summed E-state index contributed by atoms with van der Waals surface area (Å²) >= 11 is 0. The van der Waals surface area contributed by atoms with Gasteiger partial charge in [-0.3, -0.25) is 9.59 Å². The van der Waals surface area contributed by atoms with Crippen molar-refractivity contribution in [2.45, 2.75) is 33.6 Å². The molecule has 160 valence electrons. The van der Waals surface area contributed by atoms with E-state index in [0.717, 1.165) is 36.5 Å². The van der Waals surface area contributed by atoms with E-state index < -0.39 is 0 Å². The van der Waals surface area contributed by atoms with Gasteiger partial charge in [-0.2, -0.15) is 0 Å². The van der Waals surface area contributed by atoms with Gasteiger partial charge in [0.2, 0.25) is 5.91 Å². The number of aryl methyl sites for hydroxylation is 1. The Labute approximate surface area is 179 Å². The highest BCUT2D eigenvalue weighted by Gasteiger charge is 2.22. The van der Waals surface area contributed by atoms with Gasteiger partial charge in [-0.25, -0.2) is 4.98 Å². The molecule has 6 heteroatoms. The van der Waals surface area contributed by atoms with Crippen LogP contribution in [0.3, 0.4) is 0 Å². The summed E-state index contributed by atoms with van der Waals surface area (Å²) in [6.45, 7) is 9.85. The van der Waals surface area contributed by atoms with Gasteiger partial charge in [-0.15, -0.1) is 0 Å². The monoisotopic (exact) mass is 408 g/mol. The first kappa shape index (κ1) is 21.8. The predicted octanol–water partition coefficient (Wildman–Crippen LogP) is 3.06. The van der Waals surface area contributed by atoms with Crippen LogP contribution >= 0.6 is 0 Å². The number of hydrogen-bond acceptors (Lipinski definition) is 4. The van der Waals surface area contributed by atoms with Gasteiger partial charge in [-0.05, 0) is 42.5 Å². The van der Waals surface area contributed by atoms with Gasteiger partial charge in [0.05, 0.1) is 12.0 Å². The first-order chi connectivity index (χ1) is 14.4. The zero-order chi connectivity index (χ0) is 21.5. The van der Waals surface area contributed by atoms with Crippen LogP contribution in [0, 0.1) is 12.8 Å². The molecule has 1 aromatic heterocycles. The molecule has 0 aliphatic carbocycles. The second-order valence-corrected chi connectivity index (χ2v) is 8.31. The van der Waals surface area contributed by atoms with Crippen LogP contribution in [0.25, 0.3) is 0 Å². The van der Waals surface area contributed by atoms with Gasteiger partial charge in [0.25, 0.3) is 5.91 Å². The Morgan fingerprint density at radius 2 is 1.80 bits per heavy atom. The quantitative estimate of drug-likeness (QED) is 0.765. The van der Waals surface area contributed by atoms with Crippen molar-refractivity contribution < 1.29 is 9.59 Å². The molecule has 0 spiro atoms. The maximum Gasteiger partial charge on any atom is 0.252 e. The number of amides is 2. The van der Waals surface area contributed by atoms with E-state index in [0.29, 0.717) is 37.5 Å². The van der Waals surface area contributed by atoms with Crippen LogP contribution in [0.4, 0.5) is 5.82 Å². The molecule has 1 aromatic carbocycles. The van der Waals surface area contributed by atoms with Crippen molar-refractivity contribution in [3.05, 3.63) is 59.3 Å². The van der Waals surface area contributed by atoms with Crippen molar-refractivity contribution in [3.63, 3.8) is 0 Å². The topological polar surface area (TPSA) is 65.5 Å². The smallest absolute Gasteiger partial charge is 0.252 e. The van der Waals surface area contributed by atoms with E-state index in [9.17, 15) is 9.59 Å². The van der Waals surface area contributed by atoms with Crippen LogP contribution in [-0.4, -0.2) is 54.4 Å². The maximum atomic E-state index is 12.7. The van der Waals surface area contributed by atoms with E-state index in [1.807, 2.05) is 48.2 Å². The molecule has 0 unspecified atom stereocenters. The number of nitrogens with zero attached hydrogens (tertiary/aromatic N) is 3. The first-order valence-electron chi connectivity index (χ1n) is 10.8. The van der Waals surface area contributed by atoms with Crippen molar-refractivity contribution in [2.24, 2.45) is 5.92 Å². The standard InChI is InChI=1S/C24H32N4O2/c1-18(2)10-11-25-24(30)21-8-9-22(26-17-21)27-12-14-28(15-13-27)23(29)16-20-7-5-4-6-19(20)3/h4-9,17-18H,10-16H2,1-3H3,(H,25,30). The molecule has 3 rings (SSSR count). The summed E-state index contributed by atoms with van der Waals surface area (Å²) in [5, 5.41) is 2.93. The molecule has 1 fully saturated rings. The lowest BCUT2D eigenvalue weighted by molar-refractivity contribution is -0.130. The second kappa shape index (κ2) is 10.2. The Hall–Kier alpha value is -2.89. The number of anilines is 1. The summed E-state index contributed by atoms with van der Waals surface area (Å²) in [6, 6.07) is 11.8. The zero-order valence-corrected chi connectivity index (χ0v) is 18.2. The van der Waals surface area contributed by atoms with Gasteiger partial charge < -0.3 is 15.1 Å². The molecule has 1 N–H and O–H groups in total. The largest absolute Gasteiger partial charge is 0.353 e. The molecular weight excluding hydrogens is 376 g/mol. The highest BCUT2D eigenvalue weighted by atomic mass is 16.2. The highest BCUT2D eigenvalue weighted by Crippen LogP contribution is 2.16. The Morgan fingerprint density at radius 3 is 2.43 bits per heavy atom. The number of carbonyl (C=O) groups is 2. The number of benzene rings is 1. The van der Waals surface area contributed by atoms with E-state index in [1.54, 1.807) is 6.20 Å². The third-order valence-electron chi connectivity index (χ3n) is 5.58. The van der Waals surface area contributed by atoms with E-state index >= 15 is 0 Å². The van der Waals surface area contributed by atoms with E-state index in [4.69, 9.17) is 0 Å². The number of carbonyl (C=O) groups excluding carboxylic acids is 2. The van der Waals surface area contributed by atoms with Crippen molar-refractivity contribution >= 4 is 17.6 Å². The van der Waals surface area contributed by atoms with Gasteiger partial charge in [0.1, 0.15) is 5.82 Å². The number of nitrogens with one attached hydrogen (secondary N) is 1. The molecule has 30 heavy (non-hydrogen) atoms. The molecule has 0 saturated carbocycles. The van der Waals surface area contributed by atoms with Crippen LogP contribution in [0.1, 0.15) is 41.8 Å². The molecule has 2 heterocycles. The molecule has 1 saturated heterocycles. The Bertz CT molecular complexity index is 856. The van der Waals surface area contributed by atoms with E-state index in [2.05, 4.69) is 29.0 Å². The number of aromatic nitrogens is 1. The lowest BCUT2D eigenvalue weighted by Gasteiger charge is -2.35. The fourth-order valence-corrected chi connectivity index (χ4v) is 3.55. The van der Waals surface area contributed by atoms with E-state index in [-0.39, 0.29) is 11.8 Å². The summed E-state index contributed by atoms with van der Waals surface area (Å²) in [7, 11) is 0. The van der Waals surface area contributed by atoms with Gasteiger partial charge >= 0.3 is 0 Å². The minimum atomic E-state index is -0.0821. The third kappa shape index (κ3) is 5.81. The fourth-order valence-electron chi connectivity index (χ4n) is 3.55. The first-order valence-corrected chi connectivity index (χ1v) is 10.8. The van der Waals surface area contributed by atoms with Crippen LogP contribution in [0.2, 0.25) is 0 Å². The SMILES string of the molecule is Cc1ccccc1CC(=O)N1CCN(c2ccc(C(=O)NCCC(C)C)cn2)CC1. The van der Waals surface area contributed by atoms with Crippen molar-refractivity contribution in [1.82, 2.24) is 15.2 Å². The fraction of sp³-hybridized carbons (Fsp3) is 0.458. The predicted molar refractivity (Wildman–Crippen MR) is 120 cm³/mol. The number of pyridine rings is 1. The molecule has 1 aliphatic rings. The number of rotatable bonds is 7. The zero-order valence-electron chi connectivity index (χ0n) is 18.2. The summed E-state index contributed by atoms with van der Waals surface area (Å²) in [6.07, 6.45) is 3.05. The molecule has 0 bridgehead atoms. The lowest BCUT2D eigenvalue weighted by Crippen LogP contribution is -2.49. The minimum absolute atomic E-state index is 0.0821. The summed E-state index contributed by atoms with van der Waals surface area (Å²) in [5.41, 5.74) is 2.82. The van der Waals surface area contributed by atoms with Crippen LogP contribution in [-0.2, 0) is 11.2 Å². The summed E-state index contributed by atoms with van der Waals surface area (Å²) in [4.78, 5) is 33.4. The molecule has 1 aliphatic heterocycles. The van der Waals surface area contributed by atoms with Gasteiger partial charge in [0, 0.05) is 38.9 Å². The number of hydrogen-bond donors (Lipinski definition) is 1. The molecule has 0 radical (unpaired) electrons. The number of piperazine rings is 1. The van der Waals surface area contributed by atoms with Gasteiger partial charge in [0.15, 0.2) is 0 Å². The summed E-state index contributed by atoms with van der Waals surface area (Å²) < 4.78 is 0. The van der Waals surface area contributed by atoms with E-state index in [1.165, 1.54) is 0 Å². The Kier molecular flexibility index (Phi) is 7.44. The average Bonchev–Trinajstić information content (AvgIpc) is 2.75. The van der Waals surface area contributed by atoms with Crippen molar-refractivity contribution in [2.75, 3.05) is 37.6 Å². The van der Waals surface area contributed by atoms with Crippen LogP contribution in [0.15, 0.2) is 42.6 Å². The average molecular weight is 409 g/mol. The molecule has 0 atom stereocenters. The summed E-state index contributed by atoms with van der Waals surface area (Å²) in [5.74, 6) is 1.50. The van der Waals surface area contributed by atoms with Crippen molar-refractivity contribution in [1.29, 1.82) is 0 Å². The Morgan fingerprint density at radius 1 is 1.07 bits per heavy atom. The molecular formula is C24H32N4O2. The highest BCUT2D eigenvalue weighted by molar-refractivity contribution is 5.94. The minimum Gasteiger partial charge on any atom is -0.353 e.